The fraction of sp³-hybridized carbons (Fsp3) is 1.00. The van der Waals surface area contributed by atoms with Gasteiger partial charge in [-0.3, -0.25) is 0 Å². The Morgan fingerprint density at radius 1 is 1.00 bits per heavy atom. The maximum atomic E-state index is 3.51. The molecule has 2 nitrogen and oxygen atoms in total. The molecule has 112 valence electrons. The number of likely N-dealkylation sites (N-methyl/N-ethyl adjacent to an activating group) is 1. The van der Waals surface area contributed by atoms with Crippen molar-refractivity contribution in [3.63, 3.8) is 0 Å². The molecule has 2 aliphatic carbocycles. The second-order valence-corrected chi connectivity index (χ2v) is 7.00. The van der Waals surface area contributed by atoms with Crippen molar-refractivity contribution < 1.29 is 0 Å². The van der Waals surface area contributed by atoms with Gasteiger partial charge < -0.3 is 10.2 Å². The monoisotopic (exact) mass is 266 g/mol. The Hall–Kier alpha value is -0.0800. The quantitative estimate of drug-likeness (QED) is 0.709. The third-order valence-electron chi connectivity index (χ3n) is 5.32. The number of rotatable bonds is 7. The van der Waals surface area contributed by atoms with Crippen LogP contribution in [0.25, 0.3) is 0 Å². The highest BCUT2D eigenvalue weighted by Crippen LogP contribution is 2.42. The summed E-state index contributed by atoms with van der Waals surface area (Å²) in [7, 11) is 2.31. The van der Waals surface area contributed by atoms with Gasteiger partial charge in [0.05, 0.1) is 0 Å². The lowest BCUT2D eigenvalue weighted by Gasteiger charge is -2.40. The zero-order chi connectivity index (χ0) is 13.5. The summed E-state index contributed by atoms with van der Waals surface area (Å²) in [6.07, 6.45) is 11.9. The predicted octanol–water partition coefficient (Wildman–Crippen LogP) is 3.52. The largest absolute Gasteiger partial charge is 0.315 e. The van der Waals surface area contributed by atoms with Gasteiger partial charge in [-0.05, 0) is 57.0 Å². The fourth-order valence-electron chi connectivity index (χ4n) is 4.24. The van der Waals surface area contributed by atoms with Gasteiger partial charge in [-0.15, -0.1) is 0 Å². The molecule has 2 heteroatoms. The lowest BCUT2D eigenvalue weighted by molar-refractivity contribution is 0.110. The molecule has 3 atom stereocenters. The first-order chi connectivity index (χ1) is 9.29. The van der Waals surface area contributed by atoms with Crippen LogP contribution in [0.5, 0.6) is 0 Å². The Morgan fingerprint density at radius 3 is 2.58 bits per heavy atom. The molecule has 2 rings (SSSR count). The molecular weight excluding hydrogens is 232 g/mol. The molecule has 2 saturated carbocycles. The molecule has 0 radical (unpaired) electrons. The van der Waals surface area contributed by atoms with E-state index in [0.717, 1.165) is 24.3 Å². The molecular formula is C17H34N2. The lowest BCUT2D eigenvalue weighted by Crippen LogP contribution is -2.36. The first-order valence-corrected chi connectivity index (χ1v) is 8.68. The Labute approximate surface area is 120 Å². The van der Waals surface area contributed by atoms with E-state index in [1.165, 1.54) is 71.0 Å². The summed E-state index contributed by atoms with van der Waals surface area (Å²) in [4.78, 5) is 2.55. The van der Waals surface area contributed by atoms with Gasteiger partial charge in [0, 0.05) is 19.6 Å². The van der Waals surface area contributed by atoms with Crippen LogP contribution in [0, 0.1) is 17.8 Å². The molecule has 3 unspecified atom stereocenters. The number of hydrogen-bond acceptors (Lipinski definition) is 2. The van der Waals surface area contributed by atoms with Crippen molar-refractivity contribution in [1.82, 2.24) is 10.2 Å². The predicted molar refractivity (Wildman–Crippen MR) is 83.4 cm³/mol. The molecule has 0 amide bonds. The van der Waals surface area contributed by atoms with Crippen molar-refractivity contribution in [2.24, 2.45) is 17.8 Å². The number of nitrogens with zero attached hydrogens (tertiary/aromatic N) is 1. The van der Waals surface area contributed by atoms with Gasteiger partial charge in [0.15, 0.2) is 0 Å². The normalized spacial score (nSPS) is 31.4. The van der Waals surface area contributed by atoms with E-state index in [1.54, 1.807) is 0 Å². The van der Waals surface area contributed by atoms with E-state index in [4.69, 9.17) is 0 Å². The minimum absolute atomic E-state index is 0.982. The number of hydrogen-bond donors (Lipinski definition) is 1. The second kappa shape index (κ2) is 8.26. The highest BCUT2D eigenvalue weighted by Gasteiger charge is 2.32. The van der Waals surface area contributed by atoms with E-state index in [9.17, 15) is 0 Å². The summed E-state index contributed by atoms with van der Waals surface area (Å²) < 4.78 is 0. The first kappa shape index (κ1) is 15.3. The molecule has 0 heterocycles. The van der Waals surface area contributed by atoms with Crippen LogP contribution in [0.4, 0.5) is 0 Å². The molecule has 0 saturated heterocycles. The van der Waals surface area contributed by atoms with E-state index < -0.39 is 0 Å². The van der Waals surface area contributed by atoms with E-state index >= 15 is 0 Å². The van der Waals surface area contributed by atoms with Gasteiger partial charge in [0.2, 0.25) is 0 Å². The van der Waals surface area contributed by atoms with Crippen molar-refractivity contribution in [3.05, 3.63) is 0 Å². The minimum Gasteiger partial charge on any atom is -0.315 e. The summed E-state index contributed by atoms with van der Waals surface area (Å²) >= 11 is 0. The van der Waals surface area contributed by atoms with E-state index in [-0.39, 0.29) is 0 Å². The summed E-state index contributed by atoms with van der Waals surface area (Å²) in [5.74, 6) is 3.16. The summed E-state index contributed by atoms with van der Waals surface area (Å²) in [6, 6.07) is 0. The molecule has 0 aromatic rings. The topological polar surface area (TPSA) is 15.3 Å². The van der Waals surface area contributed by atoms with Gasteiger partial charge in [-0.2, -0.15) is 0 Å². The Morgan fingerprint density at radius 2 is 1.79 bits per heavy atom. The molecule has 19 heavy (non-hydrogen) atoms. The highest BCUT2D eigenvalue weighted by molar-refractivity contribution is 4.84. The van der Waals surface area contributed by atoms with Crippen LogP contribution < -0.4 is 5.32 Å². The van der Waals surface area contributed by atoms with Gasteiger partial charge in [0.25, 0.3) is 0 Å². The van der Waals surface area contributed by atoms with E-state index in [2.05, 4.69) is 24.2 Å². The Balaban J connectivity index is 1.62. The molecule has 2 aliphatic rings. The maximum absolute atomic E-state index is 3.51. The maximum Gasteiger partial charge on any atom is 0.0104 e. The van der Waals surface area contributed by atoms with Gasteiger partial charge in [-0.25, -0.2) is 0 Å². The molecule has 0 aromatic carbocycles. The van der Waals surface area contributed by atoms with Crippen LogP contribution in [0.2, 0.25) is 0 Å². The molecule has 0 spiro atoms. The standard InChI is InChI=1S/C17H34N2/c1-3-10-18-11-12-19(2)14-15-8-9-16-6-4-5-7-17(16)13-15/h15-18H,3-14H2,1-2H3. The van der Waals surface area contributed by atoms with Crippen LogP contribution >= 0.6 is 0 Å². The molecule has 1 N–H and O–H groups in total. The third-order valence-corrected chi connectivity index (χ3v) is 5.32. The summed E-state index contributed by atoms with van der Waals surface area (Å²) in [6.45, 7) is 7.10. The third kappa shape index (κ3) is 5.07. The smallest absolute Gasteiger partial charge is 0.0104 e. The average molecular weight is 266 g/mol. The molecule has 0 aromatic heterocycles. The average Bonchev–Trinajstić information content (AvgIpc) is 2.43. The van der Waals surface area contributed by atoms with E-state index in [1.807, 2.05) is 0 Å². The molecule has 2 fully saturated rings. The fourth-order valence-corrected chi connectivity index (χ4v) is 4.24. The van der Waals surface area contributed by atoms with Gasteiger partial charge in [0.1, 0.15) is 0 Å². The Kier molecular flexibility index (Phi) is 6.66. The lowest BCUT2D eigenvalue weighted by atomic mass is 9.67. The van der Waals surface area contributed by atoms with Crippen LogP contribution in [0.1, 0.15) is 58.3 Å². The summed E-state index contributed by atoms with van der Waals surface area (Å²) in [5.41, 5.74) is 0. The van der Waals surface area contributed by atoms with Crippen LogP contribution in [-0.2, 0) is 0 Å². The van der Waals surface area contributed by atoms with Crippen molar-refractivity contribution >= 4 is 0 Å². The zero-order valence-electron chi connectivity index (χ0n) is 13.2. The first-order valence-electron chi connectivity index (χ1n) is 8.68. The van der Waals surface area contributed by atoms with Crippen LogP contribution in [0.3, 0.4) is 0 Å². The highest BCUT2D eigenvalue weighted by atomic mass is 15.1. The van der Waals surface area contributed by atoms with Gasteiger partial charge in [-0.1, -0.05) is 32.6 Å². The van der Waals surface area contributed by atoms with Gasteiger partial charge >= 0.3 is 0 Å². The van der Waals surface area contributed by atoms with Crippen molar-refractivity contribution in [2.45, 2.75) is 58.3 Å². The zero-order valence-corrected chi connectivity index (χ0v) is 13.2. The van der Waals surface area contributed by atoms with Crippen LogP contribution in [0.15, 0.2) is 0 Å². The van der Waals surface area contributed by atoms with Crippen molar-refractivity contribution in [2.75, 3.05) is 33.2 Å². The van der Waals surface area contributed by atoms with E-state index in [0.29, 0.717) is 0 Å². The van der Waals surface area contributed by atoms with Crippen molar-refractivity contribution in [1.29, 1.82) is 0 Å². The van der Waals surface area contributed by atoms with Crippen LogP contribution in [-0.4, -0.2) is 38.1 Å². The Bertz CT molecular complexity index is 241. The SMILES string of the molecule is CCCNCCN(C)CC1CCC2CCCCC2C1. The molecule has 0 bridgehead atoms. The number of fused-ring (bicyclic) bond motifs is 1. The number of nitrogens with one attached hydrogen (secondary N) is 1. The summed E-state index contributed by atoms with van der Waals surface area (Å²) in [5, 5.41) is 3.51. The molecule has 0 aliphatic heterocycles. The van der Waals surface area contributed by atoms with Crippen molar-refractivity contribution in [3.8, 4) is 0 Å². The minimum atomic E-state index is 0.982. The second-order valence-electron chi connectivity index (χ2n) is 7.00.